The van der Waals surface area contributed by atoms with E-state index in [0.29, 0.717) is 12.3 Å². The van der Waals surface area contributed by atoms with Crippen molar-refractivity contribution >= 4 is 27.4 Å². The Balaban J connectivity index is 0.000000364. The van der Waals surface area contributed by atoms with Crippen molar-refractivity contribution in [1.82, 2.24) is 0 Å². The molecule has 0 saturated carbocycles. The number of aliphatic hydroxyl groups excluding tert-OH is 1. The minimum atomic E-state index is -4.36. The molecule has 0 aromatic heterocycles. The molecule has 0 fully saturated rings. The second-order valence-electron chi connectivity index (χ2n) is 1.98. The summed E-state index contributed by atoms with van der Waals surface area (Å²) in [6.45, 7) is 3.85. The molecule has 6 nitrogen and oxygen atoms in total. The third-order valence-corrected chi connectivity index (χ3v) is 2.18. The van der Waals surface area contributed by atoms with Crippen LogP contribution in [0, 0.1) is 0 Å². The number of aliphatic hydroxyl groups is 1. The molecule has 0 aromatic rings. The Morgan fingerprint density at radius 1 is 1.71 bits per heavy atom. The van der Waals surface area contributed by atoms with Gasteiger partial charge in [0.25, 0.3) is 5.23 Å². The van der Waals surface area contributed by atoms with E-state index in [9.17, 15) is 8.42 Å². The Hall–Kier alpha value is -0.570. The Bertz CT molecular complexity index is 297. The van der Waals surface area contributed by atoms with Crippen LogP contribution in [0.5, 0.6) is 0 Å². The van der Waals surface area contributed by atoms with Gasteiger partial charge >= 0.3 is 10.4 Å². The van der Waals surface area contributed by atoms with Gasteiger partial charge in [0, 0.05) is 5.75 Å². The Labute approximate surface area is 86.6 Å². The molecule has 14 heavy (non-hydrogen) atoms. The molecule has 0 unspecified atom stereocenters. The average Bonchev–Trinajstić information content (AvgIpc) is 2.54. The first kappa shape index (κ1) is 13.4. The monoisotopic (exact) mass is 241 g/mol. The predicted octanol–water partition coefficient (Wildman–Crippen LogP) is 0.0733. The van der Waals surface area contributed by atoms with Crippen molar-refractivity contribution < 1.29 is 22.3 Å². The number of nitrogens with zero attached hydrogens (tertiary/aromatic N) is 1. The molecule has 0 radical (unpaired) electrons. The van der Waals surface area contributed by atoms with Crippen LogP contribution in [0.4, 0.5) is 0 Å². The first-order valence-electron chi connectivity index (χ1n) is 3.55. The van der Waals surface area contributed by atoms with E-state index in [1.165, 1.54) is 6.08 Å². The molecule has 0 bridgehead atoms. The maximum absolute atomic E-state index is 10.0. The largest absolute Gasteiger partial charge is 0.448 e. The minimum Gasteiger partial charge on any atom is -0.392 e. The van der Waals surface area contributed by atoms with E-state index in [1.54, 1.807) is 0 Å². The van der Waals surface area contributed by atoms with Crippen LogP contribution in [0.3, 0.4) is 0 Å². The van der Waals surface area contributed by atoms with Gasteiger partial charge in [-0.1, -0.05) is 17.8 Å². The number of hydrogen-bond acceptors (Lipinski definition) is 6. The van der Waals surface area contributed by atoms with Gasteiger partial charge in [-0.3, -0.25) is 4.55 Å². The van der Waals surface area contributed by atoms with Crippen LogP contribution in [0.25, 0.3) is 0 Å². The first-order chi connectivity index (χ1) is 6.49. The Morgan fingerprint density at radius 3 is 2.57 bits per heavy atom. The zero-order chi connectivity index (χ0) is 11.0. The van der Waals surface area contributed by atoms with E-state index in [-0.39, 0.29) is 11.8 Å². The van der Waals surface area contributed by atoms with Gasteiger partial charge in [0.05, 0.1) is 13.2 Å². The van der Waals surface area contributed by atoms with Crippen LogP contribution in [0.15, 0.2) is 17.6 Å². The quantitative estimate of drug-likeness (QED) is 0.524. The predicted molar refractivity (Wildman–Crippen MR) is 54.7 cm³/mol. The minimum absolute atomic E-state index is 0.0162. The smallest absolute Gasteiger partial charge is 0.392 e. The van der Waals surface area contributed by atoms with Crippen LogP contribution < -0.4 is 0 Å². The fraction of sp³-hybridized carbons (Fsp3) is 0.500. The maximum Gasteiger partial charge on any atom is 0.448 e. The van der Waals surface area contributed by atoms with Crippen LogP contribution in [-0.4, -0.2) is 42.2 Å². The second-order valence-corrected chi connectivity index (χ2v) is 4.05. The van der Waals surface area contributed by atoms with Crippen molar-refractivity contribution in [2.24, 2.45) is 4.99 Å². The summed E-state index contributed by atoms with van der Waals surface area (Å²) >= 11 is 1.16. The lowest BCUT2D eigenvalue weighted by molar-refractivity contribution is 0.343. The van der Waals surface area contributed by atoms with E-state index < -0.39 is 10.4 Å². The molecule has 0 atom stereocenters. The van der Waals surface area contributed by atoms with Gasteiger partial charge in [0.15, 0.2) is 0 Å². The molecule has 2 N–H and O–H groups in total. The molecule has 8 heteroatoms. The first-order valence-corrected chi connectivity index (χ1v) is 5.90. The summed E-state index contributed by atoms with van der Waals surface area (Å²) < 4.78 is 32.2. The van der Waals surface area contributed by atoms with Gasteiger partial charge in [0.2, 0.25) is 0 Å². The molecular weight excluding hydrogens is 230 g/mol. The molecule has 1 heterocycles. The Kier molecular flexibility index (Phi) is 6.54. The van der Waals surface area contributed by atoms with Crippen LogP contribution in [-0.2, 0) is 14.6 Å². The number of thioether (sulfide) groups is 1. The van der Waals surface area contributed by atoms with Crippen molar-refractivity contribution in [1.29, 1.82) is 0 Å². The van der Waals surface area contributed by atoms with Crippen LogP contribution in [0.1, 0.15) is 0 Å². The fourth-order valence-electron chi connectivity index (χ4n) is 0.456. The normalized spacial score (nSPS) is 15.1. The summed E-state index contributed by atoms with van der Waals surface area (Å²) in [5.74, 6) is 0.699. The molecule has 0 aliphatic carbocycles. The second kappa shape index (κ2) is 6.82. The standard InChI is InChI=1S/C3H5NO4S2.C3H6O/c5-10(6,7)8-3-4-1-2-9-3;1-2-3-4/h1-2H2,(H,5,6,7);2,4H,1,3H2. The van der Waals surface area contributed by atoms with Gasteiger partial charge in [-0.15, -0.1) is 6.58 Å². The van der Waals surface area contributed by atoms with Crippen molar-refractivity contribution in [3.05, 3.63) is 12.7 Å². The van der Waals surface area contributed by atoms with Crippen molar-refractivity contribution in [3.63, 3.8) is 0 Å². The van der Waals surface area contributed by atoms with Crippen molar-refractivity contribution in [2.45, 2.75) is 0 Å². The van der Waals surface area contributed by atoms with Crippen molar-refractivity contribution in [3.8, 4) is 0 Å². The molecule has 1 rings (SSSR count). The van der Waals surface area contributed by atoms with Gasteiger partial charge in [-0.25, -0.2) is 4.99 Å². The zero-order valence-electron chi connectivity index (χ0n) is 7.29. The number of aliphatic imine (C=N–C) groups is 1. The Morgan fingerprint density at radius 2 is 2.29 bits per heavy atom. The highest BCUT2D eigenvalue weighted by atomic mass is 32.3. The molecule has 0 amide bonds. The molecule has 0 aromatic carbocycles. The lowest BCUT2D eigenvalue weighted by atomic mass is 10.7. The molecule has 0 spiro atoms. The molecule has 1 aliphatic heterocycles. The SMILES string of the molecule is C=CCO.O=S(=O)(O)OC1=NCCS1. The fourth-order valence-corrected chi connectivity index (χ4v) is 1.68. The lowest BCUT2D eigenvalue weighted by Gasteiger charge is -1.96. The van der Waals surface area contributed by atoms with Gasteiger partial charge < -0.3 is 9.29 Å². The van der Waals surface area contributed by atoms with E-state index in [1.807, 2.05) is 0 Å². The summed E-state index contributed by atoms with van der Waals surface area (Å²) in [6, 6.07) is 0. The molecule has 1 aliphatic rings. The van der Waals surface area contributed by atoms with Crippen LogP contribution in [0.2, 0.25) is 0 Å². The highest BCUT2D eigenvalue weighted by Crippen LogP contribution is 2.13. The van der Waals surface area contributed by atoms with Gasteiger partial charge in [-0.05, 0) is 0 Å². The number of rotatable bonds is 2. The third kappa shape index (κ3) is 8.05. The van der Waals surface area contributed by atoms with Crippen LogP contribution >= 0.6 is 11.8 Å². The highest BCUT2D eigenvalue weighted by molar-refractivity contribution is 8.14. The van der Waals surface area contributed by atoms with E-state index in [4.69, 9.17) is 9.66 Å². The molecule has 82 valence electrons. The third-order valence-electron chi connectivity index (χ3n) is 0.863. The van der Waals surface area contributed by atoms with E-state index >= 15 is 0 Å². The topological polar surface area (TPSA) is 96.2 Å². The summed E-state index contributed by atoms with van der Waals surface area (Å²) in [6.07, 6.45) is 1.43. The molecule has 0 saturated heterocycles. The highest BCUT2D eigenvalue weighted by Gasteiger charge is 2.14. The maximum atomic E-state index is 10.0. The molecular formula is C6H11NO5S2. The summed E-state index contributed by atoms with van der Waals surface area (Å²) in [5.41, 5.74) is 0. The van der Waals surface area contributed by atoms with Gasteiger partial charge in [-0.2, -0.15) is 8.42 Å². The summed E-state index contributed by atoms with van der Waals surface area (Å²) in [5, 5.41) is 7.77. The lowest BCUT2D eigenvalue weighted by Crippen LogP contribution is -2.06. The van der Waals surface area contributed by atoms with Gasteiger partial charge in [0.1, 0.15) is 0 Å². The summed E-state index contributed by atoms with van der Waals surface area (Å²) in [4.78, 5) is 3.64. The zero-order valence-corrected chi connectivity index (χ0v) is 8.92. The van der Waals surface area contributed by atoms with E-state index in [0.717, 1.165) is 11.8 Å². The van der Waals surface area contributed by atoms with E-state index in [2.05, 4.69) is 15.8 Å². The average molecular weight is 241 g/mol. The number of hydrogen-bond donors (Lipinski definition) is 2. The summed E-state index contributed by atoms with van der Waals surface area (Å²) in [7, 11) is -4.36. The van der Waals surface area contributed by atoms with Crippen molar-refractivity contribution in [2.75, 3.05) is 18.9 Å².